The number of ether oxygens (including phenoxy) is 12. The van der Waals surface area contributed by atoms with Crippen LogP contribution in [0.5, 0.6) is 0 Å². The number of carbonyl (C=O) groups excluding carboxylic acids is 1. The van der Waals surface area contributed by atoms with E-state index in [-0.39, 0.29) is 19.2 Å². The van der Waals surface area contributed by atoms with Crippen LogP contribution in [0, 0.1) is 0 Å². The first-order valence-electron chi connectivity index (χ1n) is 16.4. The number of aliphatic hydroxyl groups is 1. The SMILES string of the molecule is CCCCCCC(=O)OCCOCCOCCOCCOCCOCCOCCOCCOCCOCCOCCOCCO. The Bertz CT molecular complexity index is 558. The maximum Gasteiger partial charge on any atom is 0.305 e. The monoisotopic (exact) mass is 658 g/mol. The highest BCUT2D eigenvalue weighted by Gasteiger charge is 2.02. The lowest BCUT2D eigenvalue weighted by atomic mass is 10.2. The van der Waals surface area contributed by atoms with Crippen molar-refractivity contribution in [2.24, 2.45) is 0 Å². The molecule has 0 aliphatic heterocycles. The van der Waals surface area contributed by atoms with Crippen molar-refractivity contribution in [3.8, 4) is 0 Å². The predicted octanol–water partition coefficient (Wildman–Crippen LogP) is 1.67. The summed E-state index contributed by atoms with van der Waals surface area (Å²) in [6.07, 6.45) is 4.75. The molecule has 0 aromatic rings. The van der Waals surface area contributed by atoms with Gasteiger partial charge >= 0.3 is 5.97 Å². The Morgan fingerprint density at radius 1 is 0.378 bits per heavy atom. The molecule has 14 heteroatoms. The van der Waals surface area contributed by atoms with Crippen LogP contribution in [0.4, 0.5) is 0 Å². The van der Waals surface area contributed by atoms with E-state index in [1.54, 1.807) is 0 Å². The van der Waals surface area contributed by atoms with Gasteiger partial charge in [-0.25, -0.2) is 0 Å². The number of hydrogen-bond donors (Lipinski definition) is 1. The van der Waals surface area contributed by atoms with E-state index in [0.29, 0.717) is 152 Å². The molecule has 270 valence electrons. The Morgan fingerprint density at radius 3 is 0.911 bits per heavy atom. The molecule has 0 aromatic carbocycles. The van der Waals surface area contributed by atoms with Gasteiger partial charge in [-0.2, -0.15) is 0 Å². The van der Waals surface area contributed by atoms with Crippen LogP contribution in [0.3, 0.4) is 0 Å². The highest BCUT2D eigenvalue weighted by Crippen LogP contribution is 2.03. The second kappa shape index (κ2) is 41.0. The van der Waals surface area contributed by atoms with E-state index < -0.39 is 0 Å². The largest absolute Gasteiger partial charge is 0.463 e. The summed E-state index contributed by atoms with van der Waals surface area (Å²) in [5.74, 6) is -0.154. The van der Waals surface area contributed by atoms with Gasteiger partial charge in [0, 0.05) is 6.42 Å². The first kappa shape index (κ1) is 44.0. The van der Waals surface area contributed by atoms with Crippen LogP contribution < -0.4 is 0 Å². The molecule has 14 nitrogen and oxygen atoms in total. The molecule has 0 heterocycles. The fourth-order valence-electron chi connectivity index (χ4n) is 3.35. The number of rotatable bonds is 40. The minimum Gasteiger partial charge on any atom is -0.463 e. The van der Waals surface area contributed by atoms with Crippen molar-refractivity contribution < 1.29 is 66.7 Å². The van der Waals surface area contributed by atoms with Crippen molar-refractivity contribution in [1.82, 2.24) is 0 Å². The summed E-state index contributed by atoms with van der Waals surface area (Å²) in [7, 11) is 0. The Labute approximate surface area is 270 Å². The Hall–Kier alpha value is -1.01. The molecular formula is C31H62O14. The van der Waals surface area contributed by atoms with Gasteiger partial charge in [0.05, 0.1) is 152 Å². The molecule has 0 aliphatic carbocycles. The van der Waals surface area contributed by atoms with Gasteiger partial charge in [-0.15, -0.1) is 0 Å². The van der Waals surface area contributed by atoms with Crippen molar-refractivity contribution >= 4 is 5.97 Å². The van der Waals surface area contributed by atoms with Gasteiger partial charge < -0.3 is 61.9 Å². The Balaban J connectivity index is 3.07. The molecule has 0 bridgehead atoms. The summed E-state index contributed by atoms with van der Waals surface area (Å²) in [5, 5.41) is 8.57. The van der Waals surface area contributed by atoms with E-state index in [2.05, 4.69) is 6.92 Å². The van der Waals surface area contributed by atoms with Gasteiger partial charge in [0.2, 0.25) is 0 Å². The summed E-state index contributed by atoms with van der Waals surface area (Å²) in [6.45, 7) is 13.0. The third kappa shape index (κ3) is 41.0. The fourth-order valence-corrected chi connectivity index (χ4v) is 3.35. The molecule has 0 saturated carbocycles. The van der Waals surface area contributed by atoms with E-state index in [1.807, 2.05) is 0 Å². The lowest BCUT2D eigenvalue weighted by molar-refractivity contribution is -0.145. The van der Waals surface area contributed by atoms with E-state index in [9.17, 15) is 4.79 Å². The van der Waals surface area contributed by atoms with Crippen molar-refractivity contribution in [2.75, 3.05) is 159 Å². The zero-order valence-corrected chi connectivity index (χ0v) is 27.8. The average Bonchev–Trinajstić information content (AvgIpc) is 3.05. The van der Waals surface area contributed by atoms with E-state index in [4.69, 9.17) is 61.9 Å². The molecule has 0 fully saturated rings. The smallest absolute Gasteiger partial charge is 0.305 e. The molecule has 0 aliphatic rings. The maximum absolute atomic E-state index is 11.5. The average molecular weight is 659 g/mol. The summed E-state index contributed by atoms with van der Waals surface area (Å²) in [4.78, 5) is 11.5. The van der Waals surface area contributed by atoms with E-state index >= 15 is 0 Å². The zero-order chi connectivity index (χ0) is 32.6. The first-order valence-corrected chi connectivity index (χ1v) is 16.4. The highest BCUT2D eigenvalue weighted by atomic mass is 16.6. The molecule has 45 heavy (non-hydrogen) atoms. The molecule has 0 saturated heterocycles. The summed E-state index contributed by atoms with van der Waals surface area (Å²) < 4.78 is 64.5. The highest BCUT2D eigenvalue weighted by molar-refractivity contribution is 5.69. The summed E-state index contributed by atoms with van der Waals surface area (Å²) in [5.41, 5.74) is 0. The number of aliphatic hydroxyl groups excluding tert-OH is 1. The van der Waals surface area contributed by atoms with Gasteiger partial charge in [0.25, 0.3) is 0 Å². The van der Waals surface area contributed by atoms with Crippen LogP contribution in [0.15, 0.2) is 0 Å². The van der Waals surface area contributed by atoms with Gasteiger partial charge in [-0.05, 0) is 6.42 Å². The quantitative estimate of drug-likeness (QED) is 0.0752. The van der Waals surface area contributed by atoms with Gasteiger partial charge in [0.1, 0.15) is 6.61 Å². The van der Waals surface area contributed by atoms with E-state index in [0.717, 1.165) is 25.7 Å². The normalized spacial score (nSPS) is 11.4. The number of unbranched alkanes of at least 4 members (excludes halogenated alkanes) is 3. The Kier molecular flexibility index (Phi) is 40.1. The van der Waals surface area contributed by atoms with Crippen LogP contribution in [-0.2, 0) is 61.6 Å². The second-order valence-corrected chi connectivity index (χ2v) is 9.49. The molecule has 0 rings (SSSR count). The molecule has 0 unspecified atom stereocenters. The summed E-state index contributed by atoms with van der Waals surface area (Å²) >= 11 is 0. The molecule has 0 atom stereocenters. The van der Waals surface area contributed by atoms with Crippen LogP contribution in [0.2, 0.25) is 0 Å². The van der Waals surface area contributed by atoms with Crippen LogP contribution in [-0.4, -0.2) is 170 Å². The molecule has 0 amide bonds. The van der Waals surface area contributed by atoms with Gasteiger partial charge in [0.15, 0.2) is 0 Å². The van der Waals surface area contributed by atoms with Crippen molar-refractivity contribution in [1.29, 1.82) is 0 Å². The summed E-state index contributed by atoms with van der Waals surface area (Å²) in [6, 6.07) is 0. The fraction of sp³-hybridized carbons (Fsp3) is 0.968. The van der Waals surface area contributed by atoms with Gasteiger partial charge in [-0.3, -0.25) is 4.79 Å². The van der Waals surface area contributed by atoms with Crippen molar-refractivity contribution in [3.05, 3.63) is 0 Å². The topological polar surface area (TPSA) is 148 Å². The number of carbonyl (C=O) groups is 1. The van der Waals surface area contributed by atoms with Crippen LogP contribution in [0.25, 0.3) is 0 Å². The third-order valence-corrected chi connectivity index (χ3v) is 5.68. The molecule has 0 aromatic heterocycles. The lowest BCUT2D eigenvalue weighted by Gasteiger charge is -2.09. The minimum absolute atomic E-state index is 0.0230. The molecular weight excluding hydrogens is 596 g/mol. The first-order chi connectivity index (χ1) is 22.3. The molecule has 1 N–H and O–H groups in total. The van der Waals surface area contributed by atoms with Crippen molar-refractivity contribution in [2.45, 2.75) is 39.0 Å². The van der Waals surface area contributed by atoms with E-state index in [1.165, 1.54) is 0 Å². The van der Waals surface area contributed by atoms with Crippen LogP contribution in [0.1, 0.15) is 39.0 Å². The molecule has 0 radical (unpaired) electrons. The Morgan fingerprint density at radius 2 is 0.644 bits per heavy atom. The third-order valence-electron chi connectivity index (χ3n) is 5.68. The second-order valence-electron chi connectivity index (χ2n) is 9.49. The van der Waals surface area contributed by atoms with Crippen LogP contribution >= 0.6 is 0 Å². The lowest BCUT2D eigenvalue weighted by Crippen LogP contribution is -2.15. The number of hydrogen-bond acceptors (Lipinski definition) is 14. The van der Waals surface area contributed by atoms with Crippen molar-refractivity contribution in [3.63, 3.8) is 0 Å². The standard InChI is InChI=1S/C31H62O14/c1-2-3-4-5-6-31(33)45-30-29-44-28-27-43-26-25-42-24-23-41-22-21-40-20-19-39-18-17-38-16-15-37-14-13-36-12-11-35-10-9-34-8-7-32/h32H,2-30H2,1H3. The maximum atomic E-state index is 11.5. The minimum atomic E-state index is -0.154. The predicted molar refractivity (Wildman–Crippen MR) is 166 cm³/mol. The number of esters is 1. The molecule has 0 spiro atoms. The zero-order valence-electron chi connectivity index (χ0n) is 27.8. The van der Waals surface area contributed by atoms with Gasteiger partial charge in [-0.1, -0.05) is 26.2 Å².